The fourth-order valence-electron chi connectivity index (χ4n) is 1.77. The van der Waals surface area contributed by atoms with Gasteiger partial charge in [0.1, 0.15) is 17.4 Å². The molecule has 0 radical (unpaired) electrons. The van der Waals surface area contributed by atoms with E-state index in [0.29, 0.717) is 16.5 Å². The molecule has 4 nitrogen and oxygen atoms in total. The first-order valence-corrected chi connectivity index (χ1v) is 5.74. The number of hydrogen-bond acceptors (Lipinski definition) is 4. The summed E-state index contributed by atoms with van der Waals surface area (Å²) in [6.07, 6.45) is 1.32. The highest BCUT2D eigenvalue weighted by Crippen LogP contribution is 2.28. The Labute approximate surface area is 110 Å². The van der Waals surface area contributed by atoms with Crippen LogP contribution in [0.4, 0.5) is 0 Å². The molecule has 0 aliphatic heterocycles. The zero-order chi connectivity index (χ0) is 13.1. The lowest BCUT2D eigenvalue weighted by molar-refractivity contribution is -0.141. The van der Waals surface area contributed by atoms with E-state index in [2.05, 4.69) is 4.98 Å². The summed E-state index contributed by atoms with van der Waals surface area (Å²) < 4.78 is 9.96. The molecule has 1 atom stereocenters. The zero-order valence-corrected chi connectivity index (χ0v) is 10.8. The maximum absolute atomic E-state index is 11.9. The van der Waals surface area contributed by atoms with Crippen molar-refractivity contribution in [2.75, 3.05) is 7.11 Å². The minimum Gasteiger partial charge on any atom is -0.468 e. The monoisotopic (exact) mass is 265 g/mol. The van der Waals surface area contributed by atoms with Crippen molar-refractivity contribution in [3.63, 3.8) is 0 Å². The fraction of sp³-hybridized carbons (Fsp3) is 0.231. The van der Waals surface area contributed by atoms with Crippen molar-refractivity contribution >= 4 is 17.6 Å². The van der Waals surface area contributed by atoms with Crippen LogP contribution in [-0.2, 0) is 9.53 Å². The molecule has 1 heterocycles. The van der Waals surface area contributed by atoms with Crippen molar-refractivity contribution < 1.29 is 13.9 Å². The Balaban J connectivity index is 2.47. The Morgan fingerprint density at radius 1 is 1.39 bits per heavy atom. The molecular weight excluding hydrogens is 254 g/mol. The van der Waals surface area contributed by atoms with Gasteiger partial charge < -0.3 is 9.15 Å². The van der Waals surface area contributed by atoms with E-state index in [1.807, 2.05) is 0 Å². The van der Waals surface area contributed by atoms with Crippen LogP contribution < -0.4 is 0 Å². The minimum absolute atomic E-state index is 0.380. The van der Waals surface area contributed by atoms with Crippen molar-refractivity contribution in [1.82, 2.24) is 4.98 Å². The third kappa shape index (κ3) is 2.38. The molecule has 1 aromatic heterocycles. The summed E-state index contributed by atoms with van der Waals surface area (Å²) in [5, 5.41) is 0.610. The van der Waals surface area contributed by atoms with E-state index >= 15 is 0 Å². The zero-order valence-electron chi connectivity index (χ0n) is 10.0. The molecule has 0 aliphatic rings. The predicted molar refractivity (Wildman–Crippen MR) is 66.6 cm³/mol. The van der Waals surface area contributed by atoms with Crippen LogP contribution in [0.5, 0.6) is 0 Å². The van der Waals surface area contributed by atoms with Gasteiger partial charge in [0.2, 0.25) is 0 Å². The molecule has 0 spiro atoms. The number of halogens is 1. The maximum Gasteiger partial charge on any atom is 0.319 e. The summed E-state index contributed by atoms with van der Waals surface area (Å²) in [7, 11) is 1.35. The van der Waals surface area contributed by atoms with E-state index in [1.165, 1.54) is 13.5 Å². The van der Waals surface area contributed by atoms with Gasteiger partial charge in [-0.1, -0.05) is 23.7 Å². The van der Waals surface area contributed by atoms with Crippen LogP contribution in [0.25, 0.3) is 0 Å². The number of aromatic nitrogens is 1. The van der Waals surface area contributed by atoms with Crippen LogP contribution in [0.15, 0.2) is 35.1 Å². The average molecular weight is 266 g/mol. The Bertz CT molecular complexity index is 548. The first kappa shape index (κ1) is 12.6. The quantitative estimate of drug-likeness (QED) is 0.801. The lowest BCUT2D eigenvalue weighted by atomic mass is 9.95. The van der Waals surface area contributed by atoms with Gasteiger partial charge in [-0.05, 0) is 24.6 Å². The van der Waals surface area contributed by atoms with Crippen LogP contribution in [0, 0.1) is 6.92 Å². The summed E-state index contributed by atoms with van der Waals surface area (Å²) in [5.41, 5.74) is 1.33. The Kier molecular flexibility index (Phi) is 3.67. The van der Waals surface area contributed by atoms with Gasteiger partial charge in [-0.15, -0.1) is 0 Å². The Morgan fingerprint density at radius 3 is 2.56 bits per heavy atom. The molecule has 0 saturated carbocycles. The third-order valence-electron chi connectivity index (χ3n) is 2.70. The van der Waals surface area contributed by atoms with Gasteiger partial charge in [-0.3, -0.25) is 4.79 Å². The van der Waals surface area contributed by atoms with E-state index in [9.17, 15) is 4.79 Å². The van der Waals surface area contributed by atoms with Crippen molar-refractivity contribution in [3.8, 4) is 0 Å². The SMILES string of the molecule is COC(=O)C(c1ccc(Cl)cc1)c1ncoc1C. The Hall–Kier alpha value is -1.81. The lowest BCUT2D eigenvalue weighted by Crippen LogP contribution is -2.16. The molecule has 2 rings (SSSR count). The lowest BCUT2D eigenvalue weighted by Gasteiger charge is -2.13. The first-order valence-electron chi connectivity index (χ1n) is 5.36. The van der Waals surface area contributed by atoms with Crippen LogP contribution >= 0.6 is 11.6 Å². The van der Waals surface area contributed by atoms with E-state index in [1.54, 1.807) is 31.2 Å². The topological polar surface area (TPSA) is 52.3 Å². The van der Waals surface area contributed by atoms with Crippen LogP contribution in [-0.4, -0.2) is 18.1 Å². The molecule has 94 valence electrons. The number of carbonyl (C=O) groups is 1. The first-order chi connectivity index (χ1) is 8.63. The highest BCUT2D eigenvalue weighted by Gasteiger charge is 2.28. The second-order valence-corrected chi connectivity index (χ2v) is 4.24. The fourth-order valence-corrected chi connectivity index (χ4v) is 1.90. The number of benzene rings is 1. The largest absolute Gasteiger partial charge is 0.468 e. The molecule has 2 aromatic rings. The third-order valence-corrected chi connectivity index (χ3v) is 2.95. The standard InChI is InChI=1S/C13H12ClNO3/c1-8-12(15-7-18-8)11(13(16)17-2)9-3-5-10(14)6-4-9/h3-7,11H,1-2H3. The summed E-state index contributed by atoms with van der Waals surface area (Å²) in [4.78, 5) is 16.0. The second-order valence-electron chi connectivity index (χ2n) is 3.80. The van der Waals surface area contributed by atoms with E-state index in [0.717, 1.165) is 5.56 Å². The summed E-state index contributed by atoms with van der Waals surface area (Å²) in [6, 6.07) is 7.00. The van der Waals surface area contributed by atoms with Crippen molar-refractivity contribution in [1.29, 1.82) is 0 Å². The number of hydrogen-bond donors (Lipinski definition) is 0. The molecule has 0 saturated heterocycles. The van der Waals surface area contributed by atoms with Crippen LogP contribution in [0.3, 0.4) is 0 Å². The molecule has 0 fully saturated rings. The summed E-state index contributed by atoms with van der Waals surface area (Å²) in [6.45, 7) is 1.76. The van der Waals surface area contributed by atoms with Gasteiger partial charge in [-0.2, -0.15) is 0 Å². The molecule has 1 aromatic carbocycles. The molecule has 0 bridgehead atoms. The normalized spacial score (nSPS) is 12.2. The molecule has 0 N–H and O–H groups in total. The number of carbonyl (C=O) groups excluding carboxylic acids is 1. The summed E-state index contributed by atoms with van der Waals surface area (Å²) >= 11 is 5.84. The highest BCUT2D eigenvalue weighted by atomic mass is 35.5. The molecular formula is C13H12ClNO3. The highest BCUT2D eigenvalue weighted by molar-refractivity contribution is 6.30. The average Bonchev–Trinajstić information content (AvgIpc) is 2.78. The second kappa shape index (κ2) is 5.23. The van der Waals surface area contributed by atoms with E-state index in [-0.39, 0.29) is 5.97 Å². The predicted octanol–water partition coefficient (Wildman–Crippen LogP) is 2.94. The van der Waals surface area contributed by atoms with Crippen molar-refractivity contribution in [2.24, 2.45) is 0 Å². The number of rotatable bonds is 3. The number of aryl methyl sites for hydroxylation is 1. The van der Waals surface area contributed by atoms with Gasteiger partial charge >= 0.3 is 5.97 Å². The van der Waals surface area contributed by atoms with Crippen LogP contribution in [0.2, 0.25) is 5.02 Å². The number of ether oxygens (including phenoxy) is 1. The molecule has 18 heavy (non-hydrogen) atoms. The number of methoxy groups -OCH3 is 1. The maximum atomic E-state index is 11.9. The van der Waals surface area contributed by atoms with Crippen LogP contribution in [0.1, 0.15) is 22.9 Å². The molecule has 0 aliphatic carbocycles. The van der Waals surface area contributed by atoms with E-state index in [4.69, 9.17) is 20.8 Å². The number of oxazole rings is 1. The summed E-state index contributed by atoms with van der Waals surface area (Å²) in [5.74, 6) is -0.374. The molecule has 5 heteroatoms. The molecule has 0 amide bonds. The van der Waals surface area contributed by atoms with Gasteiger partial charge in [0.25, 0.3) is 0 Å². The Morgan fingerprint density at radius 2 is 2.06 bits per heavy atom. The number of nitrogens with zero attached hydrogens (tertiary/aromatic N) is 1. The van der Waals surface area contributed by atoms with Gasteiger partial charge in [0.15, 0.2) is 6.39 Å². The van der Waals surface area contributed by atoms with Gasteiger partial charge in [-0.25, -0.2) is 4.98 Å². The minimum atomic E-state index is -0.592. The van der Waals surface area contributed by atoms with Gasteiger partial charge in [0, 0.05) is 5.02 Å². The van der Waals surface area contributed by atoms with Crippen molar-refractivity contribution in [2.45, 2.75) is 12.8 Å². The number of esters is 1. The van der Waals surface area contributed by atoms with E-state index < -0.39 is 5.92 Å². The van der Waals surface area contributed by atoms with Gasteiger partial charge in [0.05, 0.1) is 7.11 Å². The molecule has 1 unspecified atom stereocenters. The van der Waals surface area contributed by atoms with Crippen molar-refractivity contribution in [3.05, 3.63) is 52.7 Å². The smallest absolute Gasteiger partial charge is 0.319 e.